The van der Waals surface area contributed by atoms with Gasteiger partial charge >= 0.3 is 0 Å². The fourth-order valence-corrected chi connectivity index (χ4v) is 4.90. The number of hydrogen-bond donors (Lipinski definition) is 2. The van der Waals surface area contributed by atoms with Crippen molar-refractivity contribution in [2.45, 2.75) is 52.5 Å². The first kappa shape index (κ1) is 23.9. The molecule has 1 fully saturated rings. The van der Waals surface area contributed by atoms with Crippen LogP contribution in [0, 0.1) is 11.3 Å². The third-order valence-corrected chi connectivity index (χ3v) is 6.67. The van der Waals surface area contributed by atoms with Crippen LogP contribution in [-0.2, 0) is 28.9 Å². The minimum Gasteiger partial charge on any atom is -0.381 e. The molecular weight excluding hydrogens is 485 g/mol. The largest absolute Gasteiger partial charge is 0.381 e. The Morgan fingerprint density at radius 1 is 1.39 bits per heavy atom. The number of rotatable bonds is 8. The Balaban J connectivity index is 0.00000280. The van der Waals surface area contributed by atoms with Gasteiger partial charge in [0.05, 0.1) is 19.8 Å². The number of nitrogens with one attached hydrogen (secondary N) is 2. The Labute approximate surface area is 191 Å². The van der Waals surface area contributed by atoms with Crippen molar-refractivity contribution < 1.29 is 9.47 Å². The van der Waals surface area contributed by atoms with Crippen LogP contribution in [-0.4, -0.2) is 46.0 Å². The molecule has 1 aromatic rings. The summed E-state index contributed by atoms with van der Waals surface area (Å²) >= 11 is 1.96. The van der Waals surface area contributed by atoms with Gasteiger partial charge in [-0.1, -0.05) is 13.8 Å². The van der Waals surface area contributed by atoms with Crippen LogP contribution in [0.2, 0.25) is 0 Å². The fraction of sp³-hybridized carbons (Fsp3) is 0.762. The van der Waals surface area contributed by atoms with Crippen LogP contribution in [0.4, 0.5) is 0 Å². The zero-order chi connectivity index (χ0) is 19.1. The van der Waals surface area contributed by atoms with Gasteiger partial charge in [0.25, 0.3) is 0 Å². The minimum atomic E-state index is 0. The number of thiophene rings is 1. The summed E-state index contributed by atoms with van der Waals surface area (Å²) < 4.78 is 11.1. The first-order valence-corrected chi connectivity index (χ1v) is 11.1. The van der Waals surface area contributed by atoms with Gasteiger partial charge in [0.15, 0.2) is 5.96 Å². The lowest BCUT2D eigenvalue weighted by Crippen LogP contribution is -2.37. The summed E-state index contributed by atoms with van der Waals surface area (Å²) in [6.07, 6.45) is 5.85. The van der Waals surface area contributed by atoms with Crippen LogP contribution >= 0.6 is 35.3 Å². The second-order valence-electron chi connectivity index (χ2n) is 8.51. The molecule has 1 aliphatic heterocycles. The van der Waals surface area contributed by atoms with Crippen molar-refractivity contribution in [2.75, 3.05) is 40.0 Å². The average molecular weight is 522 g/mol. The molecule has 1 atom stereocenters. The molecule has 28 heavy (non-hydrogen) atoms. The second-order valence-corrected chi connectivity index (χ2v) is 9.73. The predicted molar refractivity (Wildman–Crippen MR) is 128 cm³/mol. The molecule has 7 heteroatoms. The highest BCUT2D eigenvalue weighted by Crippen LogP contribution is 2.38. The molecule has 1 aliphatic carbocycles. The minimum absolute atomic E-state index is 0. The molecule has 0 aromatic carbocycles. The molecule has 160 valence electrons. The number of ether oxygens (including phenoxy) is 2. The highest BCUT2D eigenvalue weighted by molar-refractivity contribution is 14.0. The van der Waals surface area contributed by atoms with Gasteiger partial charge in [0.2, 0.25) is 0 Å². The smallest absolute Gasteiger partial charge is 0.191 e. The van der Waals surface area contributed by atoms with E-state index in [0.717, 1.165) is 58.3 Å². The van der Waals surface area contributed by atoms with Gasteiger partial charge in [-0.2, -0.15) is 0 Å². The van der Waals surface area contributed by atoms with E-state index >= 15 is 0 Å². The Hall–Kier alpha value is -0.380. The number of aryl methyl sites for hydroxylation is 1. The van der Waals surface area contributed by atoms with E-state index in [1.807, 2.05) is 18.4 Å². The number of halogens is 1. The molecule has 3 rings (SSSR count). The normalized spacial score (nSPS) is 21.1. The van der Waals surface area contributed by atoms with Crippen LogP contribution in [0.5, 0.6) is 0 Å². The Bertz CT molecular complexity index is 627. The maximum atomic E-state index is 5.75. The molecule has 0 saturated carbocycles. The molecule has 1 unspecified atom stereocenters. The number of fused-ring (bicyclic) bond motifs is 1. The van der Waals surface area contributed by atoms with Crippen LogP contribution in [0.25, 0.3) is 0 Å². The van der Waals surface area contributed by atoms with E-state index in [1.54, 1.807) is 10.4 Å². The number of nitrogens with zero attached hydrogens (tertiary/aromatic N) is 1. The molecule has 5 nitrogen and oxygen atoms in total. The van der Waals surface area contributed by atoms with Gasteiger partial charge in [-0.25, -0.2) is 0 Å². The topological polar surface area (TPSA) is 54.9 Å². The molecule has 2 heterocycles. The van der Waals surface area contributed by atoms with E-state index in [9.17, 15) is 0 Å². The first-order chi connectivity index (χ1) is 13.1. The van der Waals surface area contributed by atoms with Crippen LogP contribution in [0.3, 0.4) is 0 Å². The molecule has 2 N–H and O–H groups in total. The van der Waals surface area contributed by atoms with Gasteiger partial charge in [0, 0.05) is 42.5 Å². The molecule has 0 spiro atoms. The highest BCUT2D eigenvalue weighted by Gasteiger charge is 2.26. The van der Waals surface area contributed by atoms with Crippen LogP contribution in [0.1, 0.15) is 48.4 Å². The van der Waals surface area contributed by atoms with Gasteiger partial charge in [-0.3, -0.25) is 4.99 Å². The third-order valence-electron chi connectivity index (χ3n) is 5.43. The predicted octanol–water partition coefficient (Wildman–Crippen LogP) is 3.99. The molecule has 0 radical (unpaired) electrons. The maximum Gasteiger partial charge on any atom is 0.191 e. The molecule has 0 bridgehead atoms. The summed E-state index contributed by atoms with van der Waals surface area (Å²) in [4.78, 5) is 7.32. The van der Waals surface area contributed by atoms with E-state index in [0.29, 0.717) is 11.3 Å². The van der Waals surface area contributed by atoms with Crippen molar-refractivity contribution in [3.05, 3.63) is 21.4 Å². The van der Waals surface area contributed by atoms with E-state index in [1.165, 1.54) is 24.1 Å². The average Bonchev–Trinajstić information content (AvgIpc) is 3.28. The molecule has 1 aromatic heterocycles. The second kappa shape index (κ2) is 11.7. The van der Waals surface area contributed by atoms with Crippen molar-refractivity contribution in [3.63, 3.8) is 0 Å². The number of hydrogen-bond acceptors (Lipinski definition) is 4. The van der Waals surface area contributed by atoms with Crippen molar-refractivity contribution in [2.24, 2.45) is 16.3 Å². The summed E-state index contributed by atoms with van der Waals surface area (Å²) in [5.41, 5.74) is 2.00. The van der Waals surface area contributed by atoms with Gasteiger partial charge in [-0.05, 0) is 49.1 Å². The quantitative estimate of drug-likeness (QED) is 0.235. The maximum absolute atomic E-state index is 5.75. The van der Waals surface area contributed by atoms with E-state index < -0.39 is 0 Å². The Morgan fingerprint density at radius 3 is 3.00 bits per heavy atom. The number of aliphatic imine (C=N–C) groups is 1. The molecule has 2 aliphatic rings. The first-order valence-electron chi connectivity index (χ1n) is 10.3. The summed E-state index contributed by atoms with van der Waals surface area (Å²) in [5.74, 6) is 1.46. The SMILES string of the molecule is CN=C(NCCCOCC1CCOC1)NCc1cc2c(s1)CCC(C)(C)C2.I. The number of guanidine groups is 1. The fourth-order valence-electron chi connectivity index (χ4n) is 3.77. The van der Waals surface area contributed by atoms with E-state index in [4.69, 9.17) is 9.47 Å². The molecular formula is C21H36IN3O2S. The van der Waals surface area contributed by atoms with Crippen LogP contribution < -0.4 is 10.6 Å². The molecule has 0 amide bonds. The standard InChI is InChI=1S/C21H35N3O2S.HI/c1-21(2)7-5-19-17(12-21)11-18(27-19)13-24-20(22-3)23-8-4-9-25-14-16-6-10-26-15-16;/h11,16H,4-10,12-15H2,1-3H3,(H2,22,23,24);1H. The Kier molecular flexibility index (Phi) is 10.00. The van der Waals surface area contributed by atoms with Gasteiger partial charge < -0.3 is 20.1 Å². The van der Waals surface area contributed by atoms with Crippen LogP contribution in [0.15, 0.2) is 11.1 Å². The van der Waals surface area contributed by atoms with Gasteiger partial charge in [0.1, 0.15) is 0 Å². The van der Waals surface area contributed by atoms with Crippen molar-refractivity contribution in [1.82, 2.24) is 10.6 Å². The lowest BCUT2D eigenvalue weighted by Gasteiger charge is -2.29. The van der Waals surface area contributed by atoms with Crippen molar-refractivity contribution >= 4 is 41.3 Å². The summed E-state index contributed by atoms with van der Waals surface area (Å²) in [7, 11) is 1.83. The molecule has 1 saturated heterocycles. The van der Waals surface area contributed by atoms with Gasteiger partial charge in [-0.15, -0.1) is 35.3 Å². The Morgan fingerprint density at radius 2 is 2.25 bits per heavy atom. The monoisotopic (exact) mass is 521 g/mol. The summed E-state index contributed by atoms with van der Waals surface area (Å²) in [5, 5.41) is 6.82. The van der Waals surface area contributed by atoms with E-state index in [2.05, 4.69) is 35.5 Å². The third kappa shape index (κ3) is 7.46. The zero-order valence-electron chi connectivity index (χ0n) is 17.5. The highest BCUT2D eigenvalue weighted by atomic mass is 127. The zero-order valence-corrected chi connectivity index (χ0v) is 20.7. The lowest BCUT2D eigenvalue weighted by atomic mass is 9.77. The van der Waals surface area contributed by atoms with Crippen molar-refractivity contribution in [1.29, 1.82) is 0 Å². The van der Waals surface area contributed by atoms with Crippen molar-refractivity contribution in [3.8, 4) is 0 Å². The lowest BCUT2D eigenvalue weighted by molar-refractivity contribution is 0.0888. The van der Waals surface area contributed by atoms with E-state index in [-0.39, 0.29) is 24.0 Å². The summed E-state index contributed by atoms with van der Waals surface area (Å²) in [6, 6.07) is 2.39. The summed E-state index contributed by atoms with van der Waals surface area (Å²) in [6.45, 7) is 9.83.